The Balaban J connectivity index is 1.91. The van der Waals surface area contributed by atoms with Gasteiger partial charge in [0.15, 0.2) is 6.29 Å². The second-order valence-corrected chi connectivity index (χ2v) is 2.77. The first-order valence-electron chi connectivity index (χ1n) is 3.99. The van der Waals surface area contributed by atoms with Crippen LogP contribution in [0, 0.1) is 0 Å². The molecule has 2 atom stereocenters. The third kappa shape index (κ3) is 2.10. The van der Waals surface area contributed by atoms with Crippen molar-refractivity contribution in [3.63, 3.8) is 0 Å². The zero-order chi connectivity index (χ0) is 7.40. The number of epoxide rings is 1. The summed E-state index contributed by atoms with van der Waals surface area (Å²) in [4.78, 5) is 10.1. The maximum absolute atomic E-state index is 10.1. The van der Waals surface area contributed by atoms with Gasteiger partial charge < -0.3 is 9.53 Å². The normalized spacial score (nSPS) is 30.1. The highest BCUT2D eigenvalue weighted by Gasteiger charge is 2.37. The predicted octanol–water partition coefficient (Wildman–Crippen LogP) is 1.53. The largest absolute Gasteiger partial charge is 0.362 e. The summed E-state index contributed by atoms with van der Waals surface area (Å²) in [6.07, 6.45) is 5.87. The molecule has 0 bridgehead atoms. The summed E-state index contributed by atoms with van der Waals surface area (Å²) in [5.74, 6) is 0. The van der Waals surface area contributed by atoms with Crippen molar-refractivity contribution >= 4 is 6.29 Å². The number of hydrogen-bond acceptors (Lipinski definition) is 2. The Morgan fingerprint density at radius 3 is 2.80 bits per heavy atom. The van der Waals surface area contributed by atoms with Gasteiger partial charge in [-0.1, -0.05) is 26.2 Å². The van der Waals surface area contributed by atoms with Crippen LogP contribution < -0.4 is 0 Å². The third-order valence-electron chi connectivity index (χ3n) is 1.85. The molecule has 0 N–H and O–H groups in total. The fourth-order valence-corrected chi connectivity index (χ4v) is 1.10. The molecule has 0 unspecified atom stereocenters. The minimum absolute atomic E-state index is 0.0585. The van der Waals surface area contributed by atoms with Gasteiger partial charge in [0.25, 0.3) is 0 Å². The van der Waals surface area contributed by atoms with Crippen LogP contribution in [-0.4, -0.2) is 18.5 Å². The van der Waals surface area contributed by atoms with Crippen molar-refractivity contribution in [2.24, 2.45) is 0 Å². The molecule has 0 radical (unpaired) electrons. The lowest BCUT2D eigenvalue weighted by atomic mass is 10.1. The summed E-state index contributed by atoms with van der Waals surface area (Å²) < 4.78 is 5.04. The van der Waals surface area contributed by atoms with Crippen LogP contribution in [0.3, 0.4) is 0 Å². The van der Waals surface area contributed by atoms with Gasteiger partial charge in [-0.25, -0.2) is 0 Å². The molecular formula is C8H14O2. The average molecular weight is 142 g/mol. The maximum atomic E-state index is 10.1. The molecule has 1 aliphatic heterocycles. The van der Waals surface area contributed by atoms with Gasteiger partial charge in [-0.15, -0.1) is 0 Å². The van der Waals surface area contributed by atoms with E-state index >= 15 is 0 Å². The Labute approximate surface area is 61.6 Å². The molecule has 1 heterocycles. The smallest absolute Gasteiger partial charge is 0.151 e. The predicted molar refractivity (Wildman–Crippen MR) is 38.9 cm³/mol. The lowest BCUT2D eigenvalue weighted by Gasteiger charge is -1.91. The van der Waals surface area contributed by atoms with E-state index < -0.39 is 0 Å². The summed E-state index contributed by atoms with van der Waals surface area (Å²) >= 11 is 0. The highest BCUT2D eigenvalue weighted by atomic mass is 16.6. The van der Waals surface area contributed by atoms with Crippen molar-refractivity contribution in [1.82, 2.24) is 0 Å². The first-order valence-corrected chi connectivity index (χ1v) is 3.99. The molecule has 10 heavy (non-hydrogen) atoms. The van der Waals surface area contributed by atoms with Crippen molar-refractivity contribution in [2.75, 3.05) is 0 Å². The van der Waals surface area contributed by atoms with Gasteiger partial charge in [-0.2, -0.15) is 0 Å². The fourth-order valence-electron chi connectivity index (χ4n) is 1.10. The van der Waals surface area contributed by atoms with Crippen LogP contribution in [0.1, 0.15) is 32.6 Å². The van der Waals surface area contributed by atoms with Crippen LogP contribution in [0.4, 0.5) is 0 Å². The van der Waals surface area contributed by atoms with Crippen LogP contribution in [0.2, 0.25) is 0 Å². The van der Waals surface area contributed by atoms with E-state index in [9.17, 15) is 4.79 Å². The van der Waals surface area contributed by atoms with Crippen molar-refractivity contribution in [2.45, 2.75) is 44.8 Å². The van der Waals surface area contributed by atoms with Crippen molar-refractivity contribution in [3.8, 4) is 0 Å². The van der Waals surface area contributed by atoms with Gasteiger partial charge in [0.05, 0.1) is 6.10 Å². The Morgan fingerprint density at radius 2 is 2.30 bits per heavy atom. The number of carbonyl (C=O) groups excluding carboxylic acids is 1. The Morgan fingerprint density at radius 1 is 1.50 bits per heavy atom. The van der Waals surface area contributed by atoms with Crippen molar-refractivity contribution in [3.05, 3.63) is 0 Å². The Hall–Kier alpha value is -0.370. The maximum Gasteiger partial charge on any atom is 0.151 e. The highest BCUT2D eigenvalue weighted by molar-refractivity contribution is 5.60. The molecule has 1 rings (SSSR count). The van der Waals surface area contributed by atoms with E-state index in [4.69, 9.17) is 4.74 Å². The molecule has 0 amide bonds. The van der Waals surface area contributed by atoms with Gasteiger partial charge >= 0.3 is 0 Å². The molecule has 0 aromatic rings. The molecule has 0 saturated carbocycles. The van der Waals surface area contributed by atoms with Gasteiger partial charge in [-0.05, 0) is 6.42 Å². The van der Waals surface area contributed by atoms with Crippen molar-refractivity contribution in [1.29, 1.82) is 0 Å². The average Bonchev–Trinajstić information content (AvgIpc) is 2.68. The monoisotopic (exact) mass is 142 g/mol. The molecule has 1 saturated heterocycles. The molecule has 2 heteroatoms. The minimum atomic E-state index is -0.0585. The molecule has 58 valence electrons. The SMILES string of the molecule is CCCCC[C@@H]1O[C@@H]1C=O. The van der Waals surface area contributed by atoms with Crippen LogP contribution in [-0.2, 0) is 9.53 Å². The zero-order valence-corrected chi connectivity index (χ0v) is 6.38. The van der Waals surface area contributed by atoms with Gasteiger partial charge in [0.1, 0.15) is 6.10 Å². The first-order chi connectivity index (χ1) is 4.88. The fraction of sp³-hybridized carbons (Fsp3) is 0.875. The van der Waals surface area contributed by atoms with Crippen LogP contribution in [0.25, 0.3) is 0 Å². The lowest BCUT2D eigenvalue weighted by molar-refractivity contribution is -0.108. The topological polar surface area (TPSA) is 29.6 Å². The Bertz CT molecular complexity index is 112. The first kappa shape index (κ1) is 7.73. The number of unbranched alkanes of at least 4 members (excludes halogenated alkanes) is 2. The zero-order valence-electron chi connectivity index (χ0n) is 6.38. The molecule has 0 spiro atoms. The second-order valence-electron chi connectivity index (χ2n) is 2.77. The summed E-state index contributed by atoms with van der Waals surface area (Å²) in [7, 11) is 0. The summed E-state index contributed by atoms with van der Waals surface area (Å²) in [6, 6.07) is 0. The molecule has 0 aliphatic carbocycles. The standard InChI is InChI=1S/C8H14O2/c1-2-3-4-5-7-8(6-9)10-7/h6-8H,2-5H2,1H3/t7-,8+/m0/s1. The third-order valence-corrected chi connectivity index (χ3v) is 1.85. The minimum Gasteiger partial charge on any atom is -0.362 e. The van der Waals surface area contributed by atoms with E-state index in [0.717, 1.165) is 12.7 Å². The van der Waals surface area contributed by atoms with E-state index in [1.54, 1.807) is 0 Å². The van der Waals surface area contributed by atoms with E-state index in [0.29, 0.717) is 0 Å². The molecule has 0 aromatic heterocycles. The van der Waals surface area contributed by atoms with Crippen LogP contribution in [0.5, 0.6) is 0 Å². The quantitative estimate of drug-likeness (QED) is 0.331. The number of carbonyl (C=O) groups is 1. The summed E-state index contributed by atoms with van der Waals surface area (Å²) in [5.41, 5.74) is 0. The lowest BCUT2D eigenvalue weighted by Crippen LogP contribution is -1.93. The second kappa shape index (κ2) is 3.71. The molecule has 0 aromatic carbocycles. The van der Waals surface area contributed by atoms with Gasteiger partial charge in [0, 0.05) is 0 Å². The molecule has 1 fully saturated rings. The highest BCUT2D eigenvalue weighted by Crippen LogP contribution is 2.25. The number of aldehydes is 1. The number of rotatable bonds is 5. The van der Waals surface area contributed by atoms with Crippen molar-refractivity contribution < 1.29 is 9.53 Å². The van der Waals surface area contributed by atoms with Crippen LogP contribution >= 0.6 is 0 Å². The van der Waals surface area contributed by atoms with E-state index in [1.165, 1.54) is 19.3 Å². The van der Waals surface area contributed by atoms with Crippen LogP contribution in [0.15, 0.2) is 0 Å². The molecular weight excluding hydrogens is 128 g/mol. The van der Waals surface area contributed by atoms with E-state index in [1.807, 2.05) is 0 Å². The van der Waals surface area contributed by atoms with E-state index in [2.05, 4.69) is 6.92 Å². The molecule has 2 nitrogen and oxygen atoms in total. The van der Waals surface area contributed by atoms with E-state index in [-0.39, 0.29) is 12.2 Å². The summed E-state index contributed by atoms with van der Waals surface area (Å²) in [5, 5.41) is 0. The Kier molecular flexibility index (Phi) is 2.87. The molecule has 1 aliphatic rings. The number of ether oxygens (including phenoxy) is 1. The number of hydrogen-bond donors (Lipinski definition) is 0. The van der Waals surface area contributed by atoms with Gasteiger partial charge in [0.2, 0.25) is 0 Å². The van der Waals surface area contributed by atoms with Gasteiger partial charge in [-0.3, -0.25) is 0 Å². The summed E-state index contributed by atoms with van der Waals surface area (Å²) in [6.45, 7) is 2.17.